The van der Waals surface area contributed by atoms with Crippen molar-refractivity contribution in [1.82, 2.24) is 4.72 Å². The summed E-state index contributed by atoms with van der Waals surface area (Å²) in [5.74, 6) is 0. The van der Waals surface area contributed by atoms with E-state index in [1.54, 1.807) is 18.2 Å². The molecule has 0 amide bonds. The molecule has 1 rings (SSSR count). The molecule has 0 aliphatic heterocycles. The topological polar surface area (TPSA) is 173 Å². The van der Waals surface area contributed by atoms with E-state index in [1.165, 1.54) is 0 Å². The molecule has 0 radical (unpaired) electrons. The van der Waals surface area contributed by atoms with Crippen LogP contribution in [0.4, 0.5) is 11.4 Å². The summed E-state index contributed by atoms with van der Waals surface area (Å²) in [5.41, 5.74) is 13.4. The van der Waals surface area contributed by atoms with Crippen LogP contribution in [0.2, 0.25) is 0 Å². The van der Waals surface area contributed by atoms with Crippen molar-refractivity contribution in [3.8, 4) is 0 Å². The highest BCUT2D eigenvalue weighted by Gasteiger charge is 2.03. The second kappa shape index (κ2) is 7.40. The van der Waals surface area contributed by atoms with Gasteiger partial charge in [0.15, 0.2) is 0 Å². The molecule has 7 N–H and O–H groups in total. The zero-order chi connectivity index (χ0) is 16.0. The van der Waals surface area contributed by atoms with E-state index in [9.17, 15) is 8.42 Å². The molecule has 0 atom stereocenters. The molecule has 0 fully saturated rings. The van der Waals surface area contributed by atoms with Gasteiger partial charge in [-0.3, -0.25) is 9.11 Å². The molecule has 0 aliphatic carbocycles. The van der Waals surface area contributed by atoms with Crippen molar-refractivity contribution in [2.45, 2.75) is 6.42 Å². The molecule has 0 saturated heterocycles. The van der Waals surface area contributed by atoms with Crippen molar-refractivity contribution < 1.29 is 25.9 Å². The van der Waals surface area contributed by atoms with Crippen LogP contribution in [0.5, 0.6) is 0 Å². The van der Waals surface area contributed by atoms with E-state index in [2.05, 4.69) is 4.72 Å². The zero-order valence-corrected chi connectivity index (χ0v) is 12.3. The number of rotatable bonds is 4. The number of hydrogen-bond donors (Lipinski definition) is 5. The van der Waals surface area contributed by atoms with Gasteiger partial charge in [-0.1, -0.05) is 0 Å². The first-order valence-corrected chi connectivity index (χ1v) is 8.46. The number of sulfonamides is 1. The summed E-state index contributed by atoms with van der Waals surface area (Å²) in [7, 11) is -7.81. The maximum absolute atomic E-state index is 10.8. The quantitative estimate of drug-likeness (QED) is 0.356. The molecule has 0 spiro atoms. The van der Waals surface area contributed by atoms with E-state index in [-0.39, 0.29) is 0 Å². The Morgan fingerprint density at radius 2 is 1.65 bits per heavy atom. The monoisotopic (exact) mass is 327 g/mol. The third-order valence-electron chi connectivity index (χ3n) is 1.93. The molecular formula is C9H17N3O6S2. The molecule has 0 heterocycles. The third kappa shape index (κ3) is 11.7. The van der Waals surface area contributed by atoms with Crippen LogP contribution < -0.4 is 16.2 Å². The van der Waals surface area contributed by atoms with Crippen molar-refractivity contribution in [3.63, 3.8) is 0 Å². The van der Waals surface area contributed by atoms with E-state index in [4.69, 9.17) is 29.0 Å². The molecule has 0 saturated carbocycles. The minimum Gasteiger partial charge on any atom is -0.399 e. The molecule has 1 aromatic rings. The average molecular weight is 327 g/mol. The highest BCUT2D eigenvalue weighted by Crippen LogP contribution is 2.15. The van der Waals surface area contributed by atoms with E-state index in [0.717, 1.165) is 11.8 Å². The normalized spacial score (nSPS) is 11.6. The largest absolute Gasteiger partial charge is 0.399 e. The van der Waals surface area contributed by atoms with Gasteiger partial charge in [0.2, 0.25) is 10.0 Å². The van der Waals surface area contributed by atoms with E-state index >= 15 is 0 Å². The first kappa shape index (κ1) is 18.6. The Kier molecular flexibility index (Phi) is 6.88. The van der Waals surface area contributed by atoms with Gasteiger partial charge in [0, 0.05) is 17.9 Å². The second-order valence-corrected chi connectivity index (χ2v) is 6.55. The summed E-state index contributed by atoms with van der Waals surface area (Å²) in [6, 6.07) is 5.17. The van der Waals surface area contributed by atoms with Crippen LogP contribution in [0.1, 0.15) is 5.56 Å². The number of nitrogens with two attached hydrogens (primary N) is 2. The summed E-state index contributed by atoms with van der Waals surface area (Å²) in [6.45, 7) is 0.326. The van der Waals surface area contributed by atoms with Gasteiger partial charge in [0.1, 0.15) is 0 Å². The molecule has 9 nitrogen and oxygen atoms in total. The van der Waals surface area contributed by atoms with Gasteiger partial charge in [0.25, 0.3) is 0 Å². The molecule has 0 aliphatic rings. The Morgan fingerprint density at radius 1 is 1.15 bits per heavy atom. The molecule has 11 heteroatoms. The van der Waals surface area contributed by atoms with Crippen molar-refractivity contribution in [2.75, 3.05) is 24.3 Å². The highest BCUT2D eigenvalue weighted by atomic mass is 32.3. The van der Waals surface area contributed by atoms with Crippen LogP contribution >= 0.6 is 0 Å². The SMILES string of the molecule is CS(=O)(=O)NCCc1cc(N)ccc1N.O=S(=O)(O)O. The standard InChI is InChI=1S/C9H15N3O2S.H2O4S/c1-15(13,14)12-5-4-7-6-8(10)2-3-9(7)11;1-5(2,3)4/h2-3,6,12H,4-5,10-11H2,1H3;(H2,1,2,3,4). The van der Waals surface area contributed by atoms with Crippen LogP contribution in [-0.4, -0.2) is 38.7 Å². The molecular weight excluding hydrogens is 310 g/mol. The Bertz CT molecular complexity index is 634. The van der Waals surface area contributed by atoms with Crippen LogP contribution in [0.25, 0.3) is 0 Å². The van der Waals surface area contributed by atoms with Gasteiger partial charge >= 0.3 is 10.4 Å². The molecule has 0 aromatic heterocycles. The lowest BCUT2D eigenvalue weighted by Crippen LogP contribution is -2.24. The Hall–Kier alpha value is -1.40. The maximum Gasteiger partial charge on any atom is 0.394 e. The number of benzene rings is 1. The average Bonchev–Trinajstić information content (AvgIpc) is 2.19. The minimum absolute atomic E-state index is 0.326. The van der Waals surface area contributed by atoms with Gasteiger partial charge in [-0.15, -0.1) is 0 Å². The van der Waals surface area contributed by atoms with Crippen LogP contribution in [0.15, 0.2) is 18.2 Å². The van der Waals surface area contributed by atoms with E-state index in [1.807, 2.05) is 0 Å². The number of anilines is 2. The highest BCUT2D eigenvalue weighted by molar-refractivity contribution is 7.88. The molecule has 0 unspecified atom stereocenters. The van der Waals surface area contributed by atoms with Crippen molar-refractivity contribution >= 4 is 31.8 Å². The van der Waals surface area contributed by atoms with Gasteiger partial charge in [-0.25, -0.2) is 13.1 Å². The smallest absolute Gasteiger partial charge is 0.394 e. The Balaban J connectivity index is 0.000000621. The minimum atomic E-state index is -4.67. The first-order valence-electron chi connectivity index (χ1n) is 5.17. The Morgan fingerprint density at radius 3 is 2.10 bits per heavy atom. The predicted molar refractivity (Wildman–Crippen MR) is 76.0 cm³/mol. The number of nitrogens with one attached hydrogen (secondary N) is 1. The fourth-order valence-corrected chi connectivity index (χ4v) is 1.69. The molecule has 116 valence electrons. The van der Waals surface area contributed by atoms with Crippen LogP contribution in [-0.2, 0) is 26.8 Å². The predicted octanol–water partition coefficient (Wildman–Crippen LogP) is -0.710. The first-order chi connectivity index (χ1) is 8.88. The fraction of sp³-hybridized carbons (Fsp3) is 0.333. The molecule has 0 bridgehead atoms. The van der Waals surface area contributed by atoms with Gasteiger partial charge < -0.3 is 11.5 Å². The summed E-state index contributed by atoms with van der Waals surface area (Å²) < 4.78 is 55.6. The fourth-order valence-electron chi connectivity index (χ4n) is 1.21. The molecule has 20 heavy (non-hydrogen) atoms. The maximum atomic E-state index is 10.8. The van der Waals surface area contributed by atoms with E-state index in [0.29, 0.717) is 24.3 Å². The number of nitrogen functional groups attached to an aromatic ring is 2. The van der Waals surface area contributed by atoms with Crippen molar-refractivity contribution in [2.24, 2.45) is 0 Å². The summed E-state index contributed by atoms with van der Waals surface area (Å²) in [6.07, 6.45) is 1.65. The lowest BCUT2D eigenvalue weighted by molar-refractivity contribution is 0.381. The summed E-state index contributed by atoms with van der Waals surface area (Å²) in [4.78, 5) is 0. The lowest BCUT2D eigenvalue weighted by atomic mass is 10.1. The summed E-state index contributed by atoms with van der Waals surface area (Å²) in [5, 5.41) is 0. The van der Waals surface area contributed by atoms with Gasteiger partial charge in [-0.2, -0.15) is 8.42 Å². The van der Waals surface area contributed by atoms with Gasteiger partial charge in [0.05, 0.1) is 6.26 Å². The Labute approximate surface area is 117 Å². The second-order valence-electron chi connectivity index (χ2n) is 3.82. The van der Waals surface area contributed by atoms with Crippen molar-refractivity contribution in [1.29, 1.82) is 0 Å². The zero-order valence-electron chi connectivity index (χ0n) is 10.6. The number of hydrogen-bond acceptors (Lipinski definition) is 6. The third-order valence-corrected chi connectivity index (χ3v) is 2.65. The lowest BCUT2D eigenvalue weighted by Gasteiger charge is -2.06. The van der Waals surface area contributed by atoms with Crippen molar-refractivity contribution in [3.05, 3.63) is 23.8 Å². The van der Waals surface area contributed by atoms with Crippen LogP contribution in [0, 0.1) is 0 Å². The van der Waals surface area contributed by atoms with E-state index < -0.39 is 20.4 Å². The van der Waals surface area contributed by atoms with Gasteiger partial charge in [-0.05, 0) is 30.2 Å². The molecule has 1 aromatic carbocycles. The van der Waals surface area contributed by atoms with Crippen LogP contribution in [0.3, 0.4) is 0 Å². The summed E-state index contributed by atoms with van der Waals surface area (Å²) >= 11 is 0.